The fourth-order valence-electron chi connectivity index (χ4n) is 2.03. The van der Waals surface area contributed by atoms with Crippen LogP contribution in [0.5, 0.6) is 0 Å². The number of nitrogens with two attached hydrogens (primary N) is 1. The van der Waals surface area contributed by atoms with Gasteiger partial charge in [0.05, 0.1) is 6.04 Å². The van der Waals surface area contributed by atoms with Gasteiger partial charge in [-0.15, -0.1) is 0 Å². The summed E-state index contributed by atoms with van der Waals surface area (Å²) in [5.41, 5.74) is 5.29. The highest BCUT2D eigenvalue weighted by Gasteiger charge is 2.28. The highest BCUT2D eigenvalue weighted by molar-refractivity contribution is 5.79. The predicted molar refractivity (Wildman–Crippen MR) is 53.2 cm³/mol. The quantitative estimate of drug-likeness (QED) is 0.695. The van der Waals surface area contributed by atoms with E-state index in [1.54, 1.807) is 0 Å². The lowest BCUT2D eigenvalue weighted by atomic mass is 9.93. The van der Waals surface area contributed by atoms with E-state index in [-0.39, 0.29) is 11.9 Å². The molecule has 1 rings (SSSR count). The van der Waals surface area contributed by atoms with Crippen LogP contribution in [0.3, 0.4) is 0 Å². The van der Waals surface area contributed by atoms with Crippen molar-refractivity contribution in [1.29, 1.82) is 0 Å². The summed E-state index contributed by atoms with van der Waals surface area (Å²) in [6.07, 6.45) is 2.45. The first-order valence-corrected chi connectivity index (χ1v) is 5.07. The minimum Gasteiger partial charge on any atom is -0.368 e. The molecule has 0 aromatic heterocycles. The van der Waals surface area contributed by atoms with Gasteiger partial charge < -0.3 is 5.73 Å². The summed E-state index contributed by atoms with van der Waals surface area (Å²) in [6.45, 7) is 7.31. The first-order chi connectivity index (χ1) is 6.02. The predicted octanol–water partition coefficient (Wildman–Crippen LogP) is 0.981. The Morgan fingerprint density at radius 2 is 2.08 bits per heavy atom. The first kappa shape index (κ1) is 10.5. The van der Waals surface area contributed by atoms with Gasteiger partial charge in [-0.2, -0.15) is 0 Å². The van der Waals surface area contributed by atoms with Crippen LogP contribution in [-0.2, 0) is 4.79 Å². The number of rotatable bonds is 2. The summed E-state index contributed by atoms with van der Waals surface area (Å²) in [5.74, 6) is 0.485. The molecule has 1 aliphatic rings. The van der Waals surface area contributed by atoms with E-state index in [1.807, 2.05) is 6.92 Å². The fraction of sp³-hybridized carbons (Fsp3) is 0.900. The number of hydrogen-bond acceptors (Lipinski definition) is 2. The van der Waals surface area contributed by atoms with Crippen LogP contribution in [0.25, 0.3) is 0 Å². The van der Waals surface area contributed by atoms with Gasteiger partial charge in [-0.25, -0.2) is 0 Å². The van der Waals surface area contributed by atoms with E-state index in [2.05, 4.69) is 18.7 Å². The minimum absolute atomic E-state index is 0.113. The van der Waals surface area contributed by atoms with Crippen LogP contribution in [0.2, 0.25) is 0 Å². The Labute approximate surface area is 80.3 Å². The van der Waals surface area contributed by atoms with Crippen LogP contribution in [0.1, 0.15) is 33.6 Å². The Morgan fingerprint density at radius 1 is 1.46 bits per heavy atom. The van der Waals surface area contributed by atoms with Gasteiger partial charge in [-0.3, -0.25) is 9.69 Å². The van der Waals surface area contributed by atoms with Crippen molar-refractivity contribution in [3.63, 3.8) is 0 Å². The van der Waals surface area contributed by atoms with Gasteiger partial charge in [0, 0.05) is 12.6 Å². The van der Waals surface area contributed by atoms with Crippen molar-refractivity contribution < 1.29 is 4.79 Å². The van der Waals surface area contributed by atoms with Crippen molar-refractivity contribution >= 4 is 5.91 Å². The van der Waals surface area contributed by atoms with Crippen molar-refractivity contribution in [3.8, 4) is 0 Å². The minimum atomic E-state index is -0.207. The molecular formula is C10H20N2O. The molecule has 1 heterocycles. The summed E-state index contributed by atoms with van der Waals surface area (Å²) in [5, 5.41) is 0. The van der Waals surface area contributed by atoms with Crippen LogP contribution in [-0.4, -0.2) is 29.4 Å². The van der Waals surface area contributed by atoms with Gasteiger partial charge in [0.1, 0.15) is 0 Å². The topological polar surface area (TPSA) is 46.3 Å². The van der Waals surface area contributed by atoms with Crippen LogP contribution >= 0.6 is 0 Å². The molecule has 0 saturated carbocycles. The molecule has 1 aliphatic heterocycles. The molecule has 3 heteroatoms. The summed E-state index contributed by atoms with van der Waals surface area (Å²) >= 11 is 0. The van der Waals surface area contributed by atoms with Crippen LogP contribution in [0.4, 0.5) is 0 Å². The standard InChI is InChI=1S/C10H20N2O/c1-7-4-5-8(2)12(6-7)9(3)10(11)13/h7-9H,4-6H2,1-3H3,(H2,11,13). The van der Waals surface area contributed by atoms with Gasteiger partial charge in [-0.05, 0) is 32.6 Å². The number of amides is 1. The van der Waals surface area contributed by atoms with Crippen molar-refractivity contribution in [1.82, 2.24) is 4.90 Å². The Kier molecular flexibility index (Phi) is 3.31. The van der Waals surface area contributed by atoms with Gasteiger partial charge >= 0.3 is 0 Å². The lowest BCUT2D eigenvalue weighted by molar-refractivity contribution is -0.124. The number of carbonyl (C=O) groups excluding carboxylic acids is 1. The van der Waals surface area contributed by atoms with Gasteiger partial charge in [0.25, 0.3) is 0 Å². The highest BCUT2D eigenvalue weighted by atomic mass is 16.1. The average molecular weight is 184 g/mol. The Balaban J connectivity index is 2.60. The van der Waals surface area contributed by atoms with E-state index >= 15 is 0 Å². The van der Waals surface area contributed by atoms with Crippen molar-refractivity contribution in [2.45, 2.75) is 45.7 Å². The lowest BCUT2D eigenvalue weighted by Gasteiger charge is -2.39. The highest BCUT2D eigenvalue weighted by Crippen LogP contribution is 2.22. The van der Waals surface area contributed by atoms with Crippen LogP contribution in [0, 0.1) is 5.92 Å². The summed E-state index contributed by atoms with van der Waals surface area (Å²) < 4.78 is 0. The van der Waals surface area contributed by atoms with Gasteiger partial charge in [0.2, 0.25) is 5.91 Å². The molecule has 3 nitrogen and oxygen atoms in total. The molecule has 0 aromatic rings. The SMILES string of the molecule is CC1CCC(C)N(C(C)C(N)=O)C1. The Morgan fingerprint density at radius 3 is 2.62 bits per heavy atom. The van der Waals surface area contributed by atoms with E-state index in [4.69, 9.17) is 5.73 Å². The van der Waals surface area contributed by atoms with Crippen LogP contribution < -0.4 is 5.73 Å². The van der Waals surface area contributed by atoms with Crippen LogP contribution in [0.15, 0.2) is 0 Å². The zero-order chi connectivity index (χ0) is 10.0. The number of nitrogens with zero attached hydrogens (tertiary/aromatic N) is 1. The molecule has 2 N–H and O–H groups in total. The third-order valence-corrected chi connectivity index (χ3v) is 3.08. The second kappa shape index (κ2) is 4.09. The number of primary amides is 1. The summed E-state index contributed by atoms with van der Waals surface area (Å²) in [4.78, 5) is 13.3. The average Bonchev–Trinajstić information content (AvgIpc) is 2.08. The molecule has 0 bridgehead atoms. The molecule has 3 unspecified atom stereocenters. The first-order valence-electron chi connectivity index (χ1n) is 5.07. The van der Waals surface area contributed by atoms with E-state index in [0.717, 1.165) is 6.54 Å². The molecule has 1 amide bonds. The molecule has 76 valence electrons. The summed E-state index contributed by atoms with van der Waals surface area (Å²) in [6, 6.07) is 0.386. The molecule has 0 radical (unpaired) electrons. The van der Waals surface area contributed by atoms with E-state index in [1.165, 1.54) is 12.8 Å². The van der Waals surface area contributed by atoms with Crippen molar-refractivity contribution in [3.05, 3.63) is 0 Å². The zero-order valence-corrected chi connectivity index (χ0v) is 8.79. The molecule has 0 spiro atoms. The summed E-state index contributed by atoms with van der Waals surface area (Å²) in [7, 11) is 0. The maximum absolute atomic E-state index is 11.0. The number of hydrogen-bond donors (Lipinski definition) is 1. The largest absolute Gasteiger partial charge is 0.368 e. The van der Waals surface area contributed by atoms with E-state index in [9.17, 15) is 4.79 Å². The smallest absolute Gasteiger partial charge is 0.234 e. The second-order valence-electron chi connectivity index (χ2n) is 4.31. The molecule has 0 aliphatic carbocycles. The van der Waals surface area contributed by atoms with Gasteiger partial charge in [0.15, 0.2) is 0 Å². The molecule has 13 heavy (non-hydrogen) atoms. The van der Waals surface area contributed by atoms with Crippen molar-refractivity contribution in [2.75, 3.05) is 6.54 Å². The zero-order valence-electron chi connectivity index (χ0n) is 8.79. The molecular weight excluding hydrogens is 164 g/mol. The maximum Gasteiger partial charge on any atom is 0.234 e. The van der Waals surface area contributed by atoms with Gasteiger partial charge in [-0.1, -0.05) is 6.92 Å². The normalized spacial score (nSPS) is 32.8. The number of likely N-dealkylation sites (tertiary alicyclic amines) is 1. The Bertz CT molecular complexity index is 193. The van der Waals surface area contributed by atoms with Crippen molar-refractivity contribution in [2.24, 2.45) is 11.7 Å². The maximum atomic E-state index is 11.0. The van der Waals surface area contributed by atoms with E-state index < -0.39 is 0 Å². The van der Waals surface area contributed by atoms with E-state index in [0.29, 0.717) is 12.0 Å². The monoisotopic (exact) mass is 184 g/mol. The third-order valence-electron chi connectivity index (χ3n) is 3.08. The molecule has 3 atom stereocenters. The third kappa shape index (κ3) is 2.44. The number of carbonyl (C=O) groups is 1. The Hall–Kier alpha value is -0.570. The molecule has 0 aromatic carbocycles. The molecule has 1 fully saturated rings. The second-order valence-corrected chi connectivity index (χ2v) is 4.31. The lowest BCUT2D eigenvalue weighted by Crippen LogP contribution is -2.51. The fourth-order valence-corrected chi connectivity index (χ4v) is 2.03. The molecule has 1 saturated heterocycles. The number of piperidine rings is 1.